The van der Waals surface area contributed by atoms with Crippen LogP contribution in [0.15, 0.2) is 45.3 Å². The first-order valence-electron chi connectivity index (χ1n) is 10.9. The first-order valence-corrected chi connectivity index (χ1v) is 12.6. The van der Waals surface area contributed by atoms with E-state index in [0.717, 1.165) is 22.7 Å². The minimum Gasteiger partial charge on any atom is -0.386 e. The van der Waals surface area contributed by atoms with Crippen molar-refractivity contribution < 1.29 is 39.6 Å². The largest absolute Gasteiger partial charge is 0.431 e. The molecule has 8 nitrogen and oxygen atoms in total. The van der Waals surface area contributed by atoms with Gasteiger partial charge in [0.25, 0.3) is 0 Å². The Balaban J connectivity index is 1.85. The Bertz CT molecular complexity index is 1550. The molecule has 0 unspecified atom stereocenters. The lowest BCUT2D eigenvalue weighted by Crippen LogP contribution is -2.31. The van der Waals surface area contributed by atoms with Crippen LogP contribution in [0.2, 0.25) is 0 Å². The summed E-state index contributed by atoms with van der Waals surface area (Å²) in [6, 6.07) is 3.97. The second kappa shape index (κ2) is 9.19. The number of rotatable bonds is 7. The summed E-state index contributed by atoms with van der Waals surface area (Å²) in [6.07, 6.45) is -7.42. The summed E-state index contributed by atoms with van der Waals surface area (Å²) in [5.41, 5.74) is -2.38. The number of benzene rings is 1. The van der Waals surface area contributed by atoms with Gasteiger partial charge in [0.05, 0.1) is 22.1 Å². The molecule has 4 rings (SSSR count). The Kier molecular flexibility index (Phi) is 6.63. The van der Waals surface area contributed by atoms with E-state index >= 15 is 0 Å². The molecule has 1 saturated carbocycles. The lowest BCUT2D eigenvalue weighted by atomic mass is 10.1. The van der Waals surface area contributed by atoms with Crippen molar-refractivity contribution in [3.8, 4) is 11.3 Å². The van der Waals surface area contributed by atoms with Gasteiger partial charge >= 0.3 is 18.0 Å². The highest BCUT2D eigenvalue weighted by molar-refractivity contribution is 7.91. The van der Waals surface area contributed by atoms with Crippen LogP contribution in [-0.2, 0) is 20.9 Å². The van der Waals surface area contributed by atoms with E-state index in [1.165, 1.54) is 26.0 Å². The van der Waals surface area contributed by atoms with Gasteiger partial charge in [-0.05, 0) is 25.8 Å². The van der Waals surface area contributed by atoms with E-state index in [-0.39, 0.29) is 38.8 Å². The van der Waals surface area contributed by atoms with Gasteiger partial charge in [-0.2, -0.15) is 26.3 Å². The quantitative estimate of drug-likeness (QED) is 0.243. The third kappa shape index (κ3) is 5.50. The van der Waals surface area contributed by atoms with Crippen molar-refractivity contribution in [2.45, 2.75) is 50.0 Å². The number of halogens is 6. The topological polar surface area (TPSA) is 95.0 Å². The number of nitrogens with zero attached hydrogens (tertiary/aromatic N) is 4. The molecule has 200 valence electrons. The standard InChI is InChI=1S/C22H20F6N4O4S/c1-3-37(34,35)17-8-13(12(2)30-36-11-21(23,24)25)4-7-15(17)16-10-31-19(29-16)9-18(22(26,27)28)32(20(31)33)14-5-6-14/h4,7-10,14H,3,5-6,11H2,1-2H3/b30-12+. The molecule has 0 spiro atoms. The number of imidazole rings is 1. The molecule has 1 aromatic carbocycles. The number of fused-ring (bicyclic) bond motifs is 1. The molecule has 2 heterocycles. The van der Waals surface area contributed by atoms with Gasteiger partial charge in [0.2, 0.25) is 6.61 Å². The van der Waals surface area contributed by atoms with E-state index in [2.05, 4.69) is 15.0 Å². The van der Waals surface area contributed by atoms with E-state index in [9.17, 15) is 39.6 Å². The van der Waals surface area contributed by atoms with Crippen LogP contribution in [0.4, 0.5) is 26.3 Å². The molecule has 2 aromatic heterocycles. The first-order chi connectivity index (χ1) is 17.1. The van der Waals surface area contributed by atoms with E-state index < -0.39 is 46.2 Å². The highest BCUT2D eigenvalue weighted by atomic mass is 32.2. The average molecular weight is 550 g/mol. The second-order valence-corrected chi connectivity index (χ2v) is 10.7. The van der Waals surface area contributed by atoms with Gasteiger partial charge in [-0.3, -0.25) is 8.97 Å². The molecule has 0 radical (unpaired) electrons. The predicted molar refractivity (Wildman–Crippen MR) is 120 cm³/mol. The molecule has 0 atom stereocenters. The highest BCUT2D eigenvalue weighted by Crippen LogP contribution is 2.39. The fourth-order valence-corrected chi connectivity index (χ4v) is 4.85. The molecule has 15 heteroatoms. The van der Waals surface area contributed by atoms with Crippen molar-refractivity contribution in [1.82, 2.24) is 14.0 Å². The maximum atomic E-state index is 13.7. The number of sulfone groups is 1. The van der Waals surface area contributed by atoms with E-state index in [1.807, 2.05) is 0 Å². The van der Waals surface area contributed by atoms with Crippen molar-refractivity contribution in [3.05, 3.63) is 52.2 Å². The van der Waals surface area contributed by atoms with Gasteiger partial charge in [0.15, 0.2) is 9.84 Å². The molecule has 37 heavy (non-hydrogen) atoms. The highest BCUT2D eigenvalue weighted by Gasteiger charge is 2.40. The van der Waals surface area contributed by atoms with Gasteiger partial charge in [-0.15, -0.1) is 0 Å². The summed E-state index contributed by atoms with van der Waals surface area (Å²) in [7, 11) is -3.96. The number of hydrogen-bond donors (Lipinski definition) is 0. The van der Waals surface area contributed by atoms with Crippen LogP contribution in [-0.4, -0.2) is 46.6 Å². The number of hydrogen-bond acceptors (Lipinski definition) is 6. The van der Waals surface area contributed by atoms with E-state index in [0.29, 0.717) is 17.4 Å². The molecule has 3 aromatic rings. The van der Waals surface area contributed by atoms with Crippen molar-refractivity contribution in [3.63, 3.8) is 0 Å². The molecular formula is C22H20F6N4O4S. The number of oxime groups is 1. The average Bonchev–Trinajstić information content (AvgIpc) is 3.54. The summed E-state index contributed by atoms with van der Waals surface area (Å²) in [4.78, 5) is 21.0. The third-order valence-corrected chi connectivity index (χ3v) is 7.46. The lowest BCUT2D eigenvalue weighted by molar-refractivity contribution is -0.173. The normalized spacial score (nSPS) is 15.4. The molecule has 1 aliphatic rings. The first kappa shape index (κ1) is 26.7. The van der Waals surface area contributed by atoms with Crippen LogP contribution in [0, 0.1) is 0 Å². The number of alkyl halides is 6. The maximum Gasteiger partial charge on any atom is 0.431 e. The van der Waals surface area contributed by atoms with Crippen LogP contribution < -0.4 is 5.69 Å². The molecule has 0 aliphatic heterocycles. The Morgan fingerprint density at radius 3 is 2.41 bits per heavy atom. The minimum absolute atomic E-state index is 0.00393. The zero-order valence-electron chi connectivity index (χ0n) is 19.4. The minimum atomic E-state index is -4.81. The SMILES string of the molecule is CCS(=O)(=O)c1cc(/C(C)=N/OCC(F)(F)F)ccc1-c1cn2c(=O)n(C3CC3)c(C(F)(F)F)cc2n1. The fraction of sp³-hybridized carbons (Fsp3) is 0.409. The summed E-state index contributed by atoms with van der Waals surface area (Å²) < 4.78 is 105. The molecule has 0 bridgehead atoms. The Hall–Kier alpha value is -3.36. The molecule has 1 aliphatic carbocycles. The second-order valence-electron chi connectivity index (χ2n) is 8.45. The monoisotopic (exact) mass is 550 g/mol. The van der Waals surface area contributed by atoms with E-state index in [1.54, 1.807) is 0 Å². The van der Waals surface area contributed by atoms with Gasteiger partial charge in [0, 0.05) is 29.4 Å². The Morgan fingerprint density at radius 2 is 1.84 bits per heavy atom. The predicted octanol–water partition coefficient (Wildman–Crippen LogP) is 4.61. The summed E-state index contributed by atoms with van der Waals surface area (Å²) in [5, 5.41) is 3.37. The molecule has 0 saturated heterocycles. The zero-order chi connectivity index (χ0) is 27.3. The fourth-order valence-electron chi connectivity index (χ4n) is 3.72. The van der Waals surface area contributed by atoms with Crippen LogP contribution in [0.25, 0.3) is 16.9 Å². The van der Waals surface area contributed by atoms with Crippen molar-refractivity contribution in [2.75, 3.05) is 12.4 Å². The van der Waals surface area contributed by atoms with Crippen molar-refractivity contribution >= 4 is 21.2 Å². The zero-order valence-corrected chi connectivity index (χ0v) is 20.2. The summed E-state index contributed by atoms with van der Waals surface area (Å²) >= 11 is 0. The summed E-state index contributed by atoms with van der Waals surface area (Å²) in [6.45, 7) is 1.05. The van der Waals surface area contributed by atoms with Gasteiger partial charge in [-0.25, -0.2) is 18.2 Å². The molecule has 0 N–H and O–H groups in total. The van der Waals surface area contributed by atoms with Crippen LogP contribution in [0.1, 0.15) is 44.0 Å². The third-order valence-electron chi connectivity index (χ3n) is 5.69. The summed E-state index contributed by atoms with van der Waals surface area (Å²) in [5.74, 6) is -0.357. The molecular weight excluding hydrogens is 530 g/mol. The van der Waals surface area contributed by atoms with Gasteiger partial charge in [-0.1, -0.05) is 24.2 Å². The van der Waals surface area contributed by atoms with Crippen molar-refractivity contribution in [1.29, 1.82) is 0 Å². The van der Waals surface area contributed by atoms with Crippen LogP contribution >= 0.6 is 0 Å². The molecule has 1 fully saturated rings. The van der Waals surface area contributed by atoms with Gasteiger partial charge < -0.3 is 4.84 Å². The van der Waals surface area contributed by atoms with E-state index in [4.69, 9.17) is 0 Å². The molecule has 0 amide bonds. The van der Waals surface area contributed by atoms with Crippen molar-refractivity contribution in [2.24, 2.45) is 5.16 Å². The Labute approximate surface area is 206 Å². The number of aromatic nitrogens is 3. The van der Waals surface area contributed by atoms with Gasteiger partial charge in [0.1, 0.15) is 11.3 Å². The maximum absolute atomic E-state index is 13.7. The Morgan fingerprint density at radius 1 is 1.16 bits per heavy atom. The van der Waals surface area contributed by atoms with Crippen LogP contribution in [0.5, 0.6) is 0 Å². The smallest absolute Gasteiger partial charge is 0.386 e. The lowest BCUT2D eigenvalue weighted by Gasteiger charge is -2.14. The van der Waals surface area contributed by atoms with Crippen LogP contribution in [0.3, 0.4) is 0 Å².